The van der Waals surface area contributed by atoms with E-state index in [0.29, 0.717) is 0 Å². The Morgan fingerprint density at radius 2 is 1.26 bits per heavy atom. The van der Waals surface area contributed by atoms with E-state index in [4.69, 9.17) is 5.73 Å². The van der Waals surface area contributed by atoms with Crippen LogP contribution in [0, 0.1) is 0 Å². The maximum atomic E-state index is 6.55. The minimum Gasteiger partial charge on any atom is -0.398 e. The number of nitrogens with two attached hydrogens (primary N) is 1. The molecule has 0 heterocycles. The first-order valence-corrected chi connectivity index (χ1v) is 9.91. The molecule has 0 aliphatic heterocycles. The molecule has 0 aromatic heterocycles. The van der Waals surface area contributed by atoms with Gasteiger partial charge in [0.2, 0.25) is 0 Å². The van der Waals surface area contributed by atoms with Crippen LogP contribution < -0.4 is 5.73 Å². The van der Waals surface area contributed by atoms with Crippen molar-refractivity contribution in [3.63, 3.8) is 0 Å². The van der Waals surface area contributed by atoms with E-state index in [-0.39, 0.29) is 10.8 Å². The highest BCUT2D eigenvalue weighted by molar-refractivity contribution is 5.88. The summed E-state index contributed by atoms with van der Waals surface area (Å²) in [6.07, 6.45) is 2.45. The van der Waals surface area contributed by atoms with Gasteiger partial charge in [0, 0.05) is 5.70 Å². The predicted molar refractivity (Wildman–Crippen MR) is 120 cm³/mol. The third kappa shape index (κ3) is 3.60. The van der Waals surface area contributed by atoms with Crippen LogP contribution in [0.15, 0.2) is 49.0 Å². The van der Waals surface area contributed by atoms with Crippen LogP contribution in [0.4, 0.5) is 0 Å². The molecule has 0 saturated carbocycles. The van der Waals surface area contributed by atoms with Gasteiger partial charge < -0.3 is 5.73 Å². The zero-order chi connectivity index (χ0) is 20.0. The molecule has 27 heavy (non-hydrogen) atoms. The van der Waals surface area contributed by atoms with Crippen molar-refractivity contribution in [1.29, 1.82) is 0 Å². The van der Waals surface area contributed by atoms with E-state index in [1.807, 2.05) is 6.92 Å². The molecule has 0 spiro atoms. The van der Waals surface area contributed by atoms with Gasteiger partial charge >= 0.3 is 0 Å². The Bertz CT molecular complexity index is 908. The molecular formula is C26H33N. The van der Waals surface area contributed by atoms with Gasteiger partial charge in [-0.25, -0.2) is 0 Å². The summed E-state index contributed by atoms with van der Waals surface area (Å²) in [6.45, 7) is 17.6. The van der Waals surface area contributed by atoms with E-state index >= 15 is 0 Å². The Balaban J connectivity index is 2.05. The minimum absolute atomic E-state index is 0.207. The third-order valence-electron chi connectivity index (χ3n) is 6.38. The van der Waals surface area contributed by atoms with Crippen molar-refractivity contribution in [1.82, 2.24) is 0 Å². The molecule has 1 aliphatic rings. The van der Waals surface area contributed by atoms with Crippen LogP contribution in [0.25, 0.3) is 16.8 Å². The normalized spacial score (nSPS) is 18.4. The zero-order valence-electron chi connectivity index (χ0n) is 17.7. The summed E-state index contributed by atoms with van der Waals surface area (Å²) in [5.74, 6) is 0. The molecular weight excluding hydrogens is 326 g/mol. The van der Waals surface area contributed by atoms with Crippen molar-refractivity contribution in [2.75, 3.05) is 0 Å². The maximum Gasteiger partial charge on any atom is 0.0423 e. The van der Waals surface area contributed by atoms with Crippen molar-refractivity contribution in [2.24, 2.45) is 5.73 Å². The molecule has 2 aromatic carbocycles. The summed E-state index contributed by atoms with van der Waals surface area (Å²) in [4.78, 5) is 0. The first-order valence-electron chi connectivity index (χ1n) is 9.91. The van der Waals surface area contributed by atoms with Gasteiger partial charge in [0.15, 0.2) is 0 Å². The van der Waals surface area contributed by atoms with Crippen LogP contribution in [0.1, 0.15) is 82.2 Å². The number of hydrogen-bond donors (Lipinski definition) is 1. The lowest BCUT2D eigenvalue weighted by atomic mass is 9.63. The summed E-state index contributed by atoms with van der Waals surface area (Å²) >= 11 is 0. The fourth-order valence-electron chi connectivity index (χ4n) is 4.13. The van der Waals surface area contributed by atoms with Gasteiger partial charge in [-0.3, -0.25) is 0 Å². The lowest BCUT2D eigenvalue weighted by Gasteiger charge is -2.42. The average Bonchev–Trinajstić information content (AvgIpc) is 2.64. The summed E-state index contributed by atoms with van der Waals surface area (Å²) in [7, 11) is 0. The smallest absolute Gasteiger partial charge is 0.0423 e. The van der Waals surface area contributed by atoms with E-state index < -0.39 is 0 Å². The number of benzene rings is 2. The number of fused-ring (bicyclic) bond motifs is 1. The summed E-state index contributed by atoms with van der Waals surface area (Å²) in [5.41, 5.74) is 16.5. The Kier molecular flexibility index (Phi) is 4.84. The first-order chi connectivity index (χ1) is 12.5. The molecule has 0 radical (unpaired) electrons. The van der Waals surface area contributed by atoms with Crippen LogP contribution in [0.2, 0.25) is 0 Å². The lowest BCUT2D eigenvalue weighted by Crippen LogP contribution is -2.33. The van der Waals surface area contributed by atoms with Gasteiger partial charge in [-0.05, 0) is 70.9 Å². The second-order valence-corrected chi connectivity index (χ2v) is 9.42. The first kappa shape index (κ1) is 19.5. The molecule has 1 aliphatic carbocycles. The van der Waals surface area contributed by atoms with Crippen molar-refractivity contribution in [3.05, 3.63) is 76.9 Å². The SMILES string of the molecule is C=C(C)c1ccc(/C(N)=C(\C)c2ccc3c(c2)C(C)(C)CCC3(C)C)cc1. The third-order valence-corrected chi connectivity index (χ3v) is 6.38. The fraction of sp³-hybridized carbons (Fsp3) is 0.385. The van der Waals surface area contributed by atoms with Gasteiger partial charge in [0.1, 0.15) is 0 Å². The monoisotopic (exact) mass is 359 g/mol. The summed E-state index contributed by atoms with van der Waals surface area (Å²) in [6, 6.07) is 15.3. The van der Waals surface area contributed by atoms with Crippen molar-refractivity contribution in [3.8, 4) is 0 Å². The largest absolute Gasteiger partial charge is 0.398 e. The Morgan fingerprint density at radius 3 is 1.81 bits per heavy atom. The summed E-state index contributed by atoms with van der Waals surface area (Å²) < 4.78 is 0. The molecule has 2 aromatic rings. The molecule has 0 fully saturated rings. The summed E-state index contributed by atoms with van der Waals surface area (Å²) in [5, 5.41) is 0. The second-order valence-electron chi connectivity index (χ2n) is 9.42. The molecule has 0 amide bonds. The highest BCUT2D eigenvalue weighted by Gasteiger charge is 2.37. The Hall–Kier alpha value is -2.28. The molecule has 3 rings (SSSR count). The molecule has 1 heteroatoms. The topological polar surface area (TPSA) is 26.0 Å². The molecule has 142 valence electrons. The van der Waals surface area contributed by atoms with E-state index in [0.717, 1.165) is 28.0 Å². The predicted octanol–water partition coefficient (Wildman–Crippen LogP) is 6.92. The molecule has 2 N–H and O–H groups in total. The Morgan fingerprint density at radius 1 is 0.778 bits per heavy atom. The average molecular weight is 360 g/mol. The fourth-order valence-corrected chi connectivity index (χ4v) is 4.13. The number of allylic oxidation sites excluding steroid dienone is 2. The van der Waals surface area contributed by atoms with E-state index in [1.165, 1.54) is 29.5 Å². The zero-order valence-corrected chi connectivity index (χ0v) is 17.7. The second kappa shape index (κ2) is 6.71. The standard InChI is InChI=1S/C26H33N/c1-17(2)19-8-10-20(11-9-19)24(27)18(3)21-12-13-22-23(16-21)26(6,7)15-14-25(22,4)5/h8-13,16H,1,14-15,27H2,2-7H3/b24-18-. The van der Waals surface area contributed by atoms with Gasteiger partial charge in [0.25, 0.3) is 0 Å². The highest BCUT2D eigenvalue weighted by atomic mass is 14.6. The van der Waals surface area contributed by atoms with Crippen LogP contribution in [-0.4, -0.2) is 0 Å². The molecule has 0 bridgehead atoms. The van der Waals surface area contributed by atoms with Crippen molar-refractivity contribution in [2.45, 2.75) is 65.2 Å². The van der Waals surface area contributed by atoms with Gasteiger partial charge in [-0.1, -0.05) is 82.3 Å². The van der Waals surface area contributed by atoms with Crippen LogP contribution in [-0.2, 0) is 10.8 Å². The van der Waals surface area contributed by atoms with E-state index in [9.17, 15) is 0 Å². The highest BCUT2D eigenvalue weighted by Crippen LogP contribution is 2.46. The minimum atomic E-state index is 0.207. The van der Waals surface area contributed by atoms with Crippen LogP contribution in [0.3, 0.4) is 0 Å². The van der Waals surface area contributed by atoms with E-state index in [2.05, 4.69) is 83.7 Å². The molecule has 0 atom stereocenters. The van der Waals surface area contributed by atoms with Gasteiger partial charge in [0.05, 0.1) is 0 Å². The lowest BCUT2D eigenvalue weighted by molar-refractivity contribution is 0.332. The quantitative estimate of drug-likeness (QED) is 0.592. The molecule has 1 nitrogen and oxygen atoms in total. The molecule has 0 saturated heterocycles. The van der Waals surface area contributed by atoms with E-state index in [1.54, 1.807) is 0 Å². The number of hydrogen-bond acceptors (Lipinski definition) is 1. The van der Waals surface area contributed by atoms with Crippen LogP contribution in [0.5, 0.6) is 0 Å². The van der Waals surface area contributed by atoms with Crippen molar-refractivity contribution < 1.29 is 0 Å². The maximum absolute atomic E-state index is 6.55. The number of rotatable bonds is 3. The molecule has 0 unspecified atom stereocenters. The Labute approximate surface area is 165 Å². The van der Waals surface area contributed by atoms with Crippen LogP contribution >= 0.6 is 0 Å². The van der Waals surface area contributed by atoms with Gasteiger partial charge in [-0.15, -0.1) is 0 Å². The van der Waals surface area contributed by atoms with Crippen molar-refractivity contribution >= 4 is 16.8 Å². The van der Waals surface area contributed by atoms with Gasteiger partial charge in [-0.2, -0.15) is 0 Å².